The Labute approximate surface area is 146 Å². The van der Waals surface area contributed by atoms with Crippen LogP contribution in [0, 0.1) is 0 Å². The lowest BCUT2D eigenvalue weighted by atomic mass is 9.95. The third-order valence-electron chi connectivity index (χ3n) is 4.47. The monoisotopic (exact) mass is 345 g/mol. The van der Waals surface area contributed by atoms with Crippen molar-refractivity contribution in [3.8, 4) is 0 Å². The van der Waals surface area contributed by atoms with Crippen LogP contribution in [0.25, 0.3) is 0 Å². The highest BCUT2D eigenvalue weighted by Crippen LogP contribution is 2.23. The van der Waals surface area contributed by atoms with Crippen LogP contribution in [-0.4, -0.2) is 46.1 Å². The van der Waals surface area contributed by atoms with Crippen LogP contribution >= 0.6 is 11.3 Å². The van der Waals surface area contributed by atoms with Gasteiger partial charge in [-0.1, -0.05) is 18.2 Å². The number of nitrogens with zero attached hydrogens (tertiary/aromatic N) is 2. The number of thiazole rings is 1. The maximum atomic E-state index is 12.2. The van der Waals surface area contributed by atoms with Gasteiger partial charge in [-0.05, 0) is 37.9 Å². The zero-order valence-electron chi connectivity index (χ0n) is 13.6. The second-order valence-corrected chi connectivity index (χ2v) is 7.31. The molecule has 0 spiro atoms. The smallest absolute Gasteiger partial charge is 0.251 e. The summed E-state index contributed by atoms with van der Waals surface area (Å²) in [6, 6.07) is 9.12. The lowest BCUT2D eigenvalue weighted by molar-refractivity contribution is 0.0248. The molecule has 2 N–H and O–H groups in total. The fraction of sp³-hybridized carbons (Fsp3) is 0.444. The van der Waals surface area contributed by atoms with E-state index in [2.05, 4.69) is 15.2 Å². The van der Waals surface area contributed by atoms with Crippen molar-refractivity contribution < 1.29 is 9.90 Å². The molecule has 2 heterocycles. The summed E-state index contributed by atoms with van der Waals surface area (Å²) in [7, 11) is 0. The molecule has 0 aliphatic carbocycles. The van der Waals surface area contributed by atoms with Gasteiger partial charge in [-0.15, -0.1) is 11.3 Å². The number of rotatable bonds is 5. The van der Waals surface area contributed by atoms with E-state index >= 15 is 0 Å². The molecule has 5 nitrogen and oxygen atoms in total. The van der Waals surface area contributed by atoms with E-state index in [0.29, 0.717) is 24.9 Å². The van der Waals surface area contributed by atoms with Crippen molar-refractivity contribution in [2.24, 2.45) is 0 Å². The van der Waals surface area contributed by atoms with E-state index in [4.69, 9.17) is 0 Å². The van der Waals surface area contributed by atoms with Crippen LogP contribution in [0.1, 0.15) is 34.6 Å². The lowest BCUT2D eigenvalue weighted by Gasteiger charge is -2.27. The summed E-state index contributed by atoms with van der Waals surface area (Å²) in [6.45, 7) is 2.90. The van der Waals surface area contributed by atoms with Crippen molar-refractivity contribution >= 4 is 17.2 Å². The van der Waals surface area contributed by atoms with Gasteiger partial charge in [-0.25, -0.2) is 4.98 Å². The van der Waals surface area contributed by atoms with Crippen molar-refractivity contribution in [2.45, 2.75) is 31.4 Å². The predicted octanol–water partition coefficient (Wildman–Crippen LogP) is 2.29. The van der Waals surface area contributed by atoms with E-state index in [-0.39, 0.29) is 5.91 Å². The highest BCUT2D eigenvalue weighted by molar-refractivity contribution is 7.09. The maximum Gasteiger partial charge on any atom is 0.251 e. The van der Waals surface area contributed by atoms with Gasteiger partial charge in [0.25, 0.3) is 5.91 Å². The molecule has 0 unspecified atom stereocenters. The van der Waals surface area contributed by atoms with Crippen LogP contribution in [0.4, 0.5) is 0 Å². The van der Waals surface area contributed by atoms with Crippen LogP contribution in [0.5, 0.6) is 0 Å². The standard InChI is InChI=1S/C18H23N3O2S/c22-17(15-5-2-1-3-6-15)20-14-18(23)7-4-10-21(11-8-18)13-16-19-9-12-24-16/h1-3,5-6,9,12,23H,4,7-8,10-11,13-14H2,(H,20,22)/t18-/m1/s1. The normalized spacial score (nSPS) is 22.0. The summed E-state index contributed by atoms with van der Waals surface area (Å²) in [5, 5.41) is 16.8. The average molecular weight is 345 g/mol. The zero-order chi connectivity index (χ0) is 16.8. The van der Waals surface area contributed by atoms with Crippen molar-refractivity contribution in [1.82, 2.24) is 15.2 Å². The van der Waals surface area contributed by atoms with Crippen LogP contribution < -0.4 is 5.32 Å². The van der Waals surface area contributed by atoms with Gasteiger partial charge in [-0.2, -0.15) is 0 Å². The van der Waals surface area contributed by atoms with Crippen LogP contribution in [-0.2, 0) is 6.54 Å². The van der Waals surface area contributed by atoms with E-state index in [9.17, 15) is 9.90 Å². The molecule has 1 atom stereocenters. The van der Waals surface area contributed by atoms with E-state index in [1.54, 1.807) is 23.5 Å². The number of hydrogen-bond donors (Lipinski definition) is 2. The van der Waals surface area contributed by atoms with Gasteiger partial charge in [0.1, 0.15) is 5.01 Å². The van der Waals surface area contributed by atoms with E-state index in [1.807, 2.05) is 29.8 Å². The minimum Gasteiger partial charge on any atom is -0.388 e. The van der Waals surface area contributed by atoms with Gasteiger partial charge in [0, 0.05) is 30.2 Å². The Morgan fingerprint density at radius 1 is 1.29 bits per heavy atom. The molecule has 0 bridgehead atoms. The van der Waals surface area contributed by atoms with Gasteiger partial charge in [0.15, 0.2) is 0 Å². The molecule has 3 rings (SSSR count). The Hall–Kier alpha value is -1.76. The number of amides is 1. The lowest BCUT2D eigenvalue weighted by Crippen LogP contribution is -2.43. The fourth-order valence-corrected chi connectivity index (χ4v) is 3.69. The number of likely N-dealkylation sites (tertiary alicyclic amines) is 1. The number of carbonyl (C=O) groups excluding carboxylic acids is 1. The van der Waals surface area contributed by atoms with Gasteiger partial charge in [0.05, 0.1) is 12.1 Å². The maximum absolute atomic E-state index is 12.2. The number of carbonyl (C=O) groups is 1. The minimum atomic E-state index is -0.831. The third kappa shape index (κ3) is 4.63. The first-order chi connectivity index (χ1) is 11.6. The Morgan fingerprint density at radius 2 is 2.12 bits per heavy atom. The Balaban J connectivity index is 1.51. The van der Waals surface area contributed by atoms with E-state index < -0.39 is 5.60 Å². The number of hydrogen-bond acceptors (Lipinski definition) is 5. The first-order valence-electron chi connectivity index (χ1n) is 8.31. The molecule has 1 saturated heterocycles. The van der Waals surface area contributed by atoms with Crippen LogP contribution in [0.2, 0.25) is 0 Å². The first kappa shape index (κ1) is 17.1. The van der Waals surface area contributed by atoms with Crippen molar-refractivity contribution in [2.75, 3.05) is 19.6 Å². The molecule has 24 heavy (non-hydrogen) atoms. The largest absolute Gasteiger partial charge is 0.388 e. The average Bonchev–Trinajstić information content (AvgIpc) is 3.04. The molecular formula is C18H23N3O2S. The van der Waals surface area contributed by atoms with Gasteiger partial charge >= 0.3 is 0 Å². The second-order valence-electron chi connectivity index (χ2n) is 6.33. The number of benzene rings is 1. The SMILES string of the molecule is O=C(NC[C@@]1(O)CCCN(Cc2nccs2)CC1)c1ccccc1. The summed E-state index contributed by atoms with van der Waals surface area (Å²) in [4.78, 5) is 18.8. The molecule has 0 radical (unpaired) electrons. The second kappa shape index (κ2) is 7.88. The summed E-state index contributed by atoms with van der Waals surface area (Å²) in [5.74, 6) is -0.132. The molecule has 1 aliphatic heterocycles. The molecule has 1 aromatic carbocycles. The van der Waals surface area contributed by atoms with Crippen molar-refractivity contribution in [3.05, 3.63) is 52.5 Å². The summed E-state index contributed by atoms with van der Waals surface area (Å²) in [5.41, 5.74) is -0.206. The molecule has 1 amide bonds. The Kier molecular flexibility index (Phi) is 5.60. The molecule has 1 fully saturated rings. The topological polar surface area (TPSA) is 65.5 Å². The van der Waals surface area contributed by atoms with Gasteiger partial charge < -0.3 is 10.4 Å². The summed E-state index contributed by atoms with van der Waals surface area (Å²) in [6.07, 6.45) is 4.11. The Morgan fingerprint density at radius 3 is 2.88 bits per heavy atom. The molecule has 6 heteroatoms. The van der Waals surface area contributed by atoms with Crippen molar-refractivity contribution in [3.63, 3.8) is 0 Å². The van der Waals surface area contributed by atoms with Gasteiger partial charge in [-0.3, -0.25) is 9.69 Å². The predicted molar refractivity (Wildman–Crippen MR) is 95.0 cm³/mol. The van der Waals surface area contributed by atoms with Crippen LogP contribution in [0.15, 0.2) is 41.9 Å². The highest BCUT2D eigenvalue weighted by Gasteiger charge is 2.30. The van der Waals surface area contributed by atoms with Crippen molar-refractivity contribution in [1.29, 1.82) is 0 Å². The summed E-state index contributed by atoms with van der Waals surface area (Å²) < 4.78 is 0. The first-order valence-corrected chi connectivity index (χ1v) is 9.19. The fourth-order valence-electron chi connectivity index (χ4n) is 3.03. The highest BCUT2D eigenvalue weighted by atomic mass is 32.1. The molecule has 2 aromatic rings. The van der Waals surface area contributed by atoms with E-state index in [0.717, 1.165) is 31.1 Å². The number of nitrogens with one attached hydrogen (secondary N) is 1. The molecule has 128 valence electrons. The number of aliphatic hydroxyl groups is 1. The minimum absolute atomic E-state index is 0.132. The van der Waals surface area contributed by atoms with Gasteiger partial charge in [0.2, 0.25) is 0 Å². The third-order valence-corrected chi connectivity index (χ3v) is 5.23. The zero-order valence-corrected chi connectivity index (χ0v) is 14.5. The summed E-state index contributed by atoms with van der Waals surface area (Å²) >= 11 is 1.66. The molecule has 1 aromatic heterocycles. The van der Waals surface area contributed by atoms with E-state index in [1.165, 1.54) is 0 Å². The number of aromatic nitrogens is 1. The molecular weight excluding hydrogens is 322 g/mol. The quantitative estimate of drug-likeness (QED) is 0.873. The molecule has 0 saturated carbocycles. The van der Waals surface area contributed by atoms with Crippen LogP contribution in [0.3, 0.4) is 0 Å². The molecule has 1 aliphatic rings. The Bertz CT molecular complexity index is 648.